The standard InChI is InChI=1S/C23H25N5O2/c1-23(2,13-29)27-21(30)18-12-25-28(20(18)15-8-9-15)22-24-11-16-10-7-14-5-3-4-6-17(14)19(16)26-22/h3-6,11-12,15,29H,7-10,13H2,1-2H3,(H,27,30). The molecule has 0 aliphatic heterocycles. The number of hydrogen-bond acceptors (Lipinski definition) is 5. The first-order valence-electron chi connectivity index (χ1n) is 10.4. The van der Waals surface area contributed by atoms with Gasteiger partial charge in [0.05, 0.1) is 35.3 Å². The Morgan fingerprint density at radius 3 is 2.73 bits per heavy atom. The molecule has 7 heteroatoms. The highest BCUT2D eigenvalue weighted by atomic mass is 16.3. The van der Waals surface area contributed by atoms with E-state index in [9.17, 15) is 9.90 Å². The van der Waals surface area contributed by atoms with Crippen LogP contribution in [0.1, 0.15) is 59.8 Å². The number of carbonyl (C=O) groups excluding carboxylic acids is 1. The molecule has 154 valence electrons. The maximum atomic E-state index is 12.9. The average molecular weight is 403 g/mol. The molecule has 0 spiro atoms. The number of nitrogens with zero attached hydrogens (tertiary/aromatic N) is 4. The van der Waals surface area contributed by atoms with Gasteiger partial charge in [-0.15, -0.1) is 0 Å². The zero-order chi connectivity index (χ0) is 20.9. The number of rotatable bonds is 5. The summed E-state index contributed by atoms with van der Waals surface area (Å²) in [4.78, 5) is 22.4. The monoisotopic (exact) mass is 403 g/mol. The van der Waals surface area contributed by atoms with Gasteiger partial charge in [-0.1, -0.05) is 24.3 Å². The van der Waals surface area contributed by atoms with Crippen LogP contribution >= 0.6 is 0 Å². The molecule has 2 N–H and O–H groups in total. The molecule has 2 aromatic heterocycles. The zero-order valence-corrected chi connectivity index (χ0v) is 17.2. The molecule has 5 rings (SSSR count). The summed E-state index contributed by atoms with van der Waals surface area (Å²) in [5, 5.41) is 16.9. The number of amides is 1. The number of aromatic nitrogens is 4. The van der Waals surface area contributed by atoms with Crippen molar-refractivity contribution in [1.82, 2.24) is 25.1 Å². The van der Waals surface area contributed by atoms with Crippen molar-refractivity contribution in [2.75, 3.05) is 6.61 Å². The topological polar surface area (TPSA) is 92.9 Å². The first kappa shape index (κ1) is 18.9. The fraction of sp³-hybridized carbons (Fsp3) is 0.391. The van der Waals surface area contributed by atoms with Crippen LogP contribution in [0.2, 0.25) is 0 Å². The lowest BCUT2D eigenvalue weighted by molar-refractivity contribution is 0.0868. The Bertz CT molecular complexity index is 1130. The van der Waals surface area contributed by atoms with E-state index in [4.69, 9.17) is 4.98 Å². The van der Waals surface area contributed by atoms with Gasteiger partial charge < -0.3 is 10.4 Å². The summed E-state index contributed by atoms with van der Waals surface area (Å²) in [7, 11) is 0. The van der Waals surface area contributed by atoms with E-state index in [0.717, 1.165) is 48.2 Å². The maximum absolute atomic E-state index is 12.9. The predicted octanol–water partition coefficient (Wildman–Crippen LogP) is 2.81. The molecule has 1 fully saturated rings. The molecule has 2 aliphatic carbocycles. The van der Waals surface area contributed by atoms with Gasteiger partial charge >= 0.3 is 0 Å². The van der Waals surface area contributed by atoms with Gasteiger partial charge in [-0.05, 0) is 50.7 Å². The Hall–Kier alpha value is -3.06. The number of fused-ring (bicyclic) bond motifs is 3. The lowest BCUT2D eigenvalue weighted by Gasteiger charge is -2.23. The number of hydrogen-bond donors (Lipinski definition) is 2. The van der Waals surface area contributed by atoms with Crippen molar-refractivity contribution >= 4 is 5.91 Å². The van der Waals surface area contributed by atoms with E-state index < -0.39 is 5.54 Å². The van der Waals surface area contributed by atoms with E-state index in [2.05, 4.69) is 33.6 Å². The van der Waals surface area contributed by atoms with Crippen LogP contribution in [0.4, 0.5) is 0 Å². The third-order valence-electron chi connectivity index (χ3n) is 5.84. The Kier molecular flexibility index (Phi) is 4.43. The first-order valence-corrected chi connectivity index (χ1v) is 10.4. The summed E-state index contributed by atoms with van der Waals surface area (Å²) in [5.74, 6) is 0.538. The molecular formula is C23H25N5O2. The van der Waals surface area contributed by atoms with Crippen molar-refractivity contribution in [1.29, 1.82) is 0 Å². The van der Waals surface area contributed by atoms with Crippen molar-refractivity contribution in [2.45, 2.75) is 51.0 Å². The number of nitrogens with one attached hydrogen (secondary N) is 1. The molecule has 2 heterocycles. The highest BCUT2D eigenvalue weighted by Gasteiger charge is 2.35. The van der Waals surface area contributed by atoms with Crippen molar-refractivity contribution < 1.29 is 9.90 Å². The summed E-state index contributed by atoms with van der Waals surface area (Å²) in [6.07, 6.45) is 7.43. The second kappa shape index (κ2) is 7.02. The van der Waals surface area contributed by atoms with E-state index >= 15 is 0 Å². The molecule has 1 aromatic carbocycles. The van der Waals surface area contributed by atoms with Crippen molar-refractivity contribution in [3.05, 3.63) is 59.0 Å². The zero-order valence-electron chi connectivity index (χ0n) is 17.2. The van der Waals surface area contributed by atoms with Gasteiger partial charge in [0, 0.05) is 17.7 Å². The van der Waals surface area contributed by atoms with Gasteiger partial charge in [-0.25, -0.2) is 14.6 Å². The van der Waals surface area contributed by atoms with Crippen LogP contribution in [0.15, 0.2) is 36.7 Å². The van der Waals surface area contributed by atoms with Crippen LogP contribution in [0, 0.1) is 0 Å². The van der Waals surface area contributed by atoms with E-state index in [1.165, 1.54) is 5.56 Å². The number of aryl methyl sites for hydroxylation is 2. The molecule has 3 aromatic rings. The fourth-order valence-electron chi connectivity index (χ4n) is 4.01. The minimum Gasteiger partial charge on any atom is -0.394 e. The Morgan fingerprint density at radius 2 is 1.97 bits per heavy atom. The van der Waals surface area contributed by atoms with Gasteiger partial charge in [0.2, 0.25) is 0 Å². The van der Waals surface area contributed by atoms with Crippen LogP contribution in [0.25, 0.3) is 17.2 Å². The smallest absolute Gasteiger partial charge is 0.255 e. The summed E-state index contributed by atoms with van der Waals surface area (Å²) < 4.78 is 1.72. The van der Waals surface area contributed by atoms with E-state index in [0.29, 0.717) is 11.5 Å². The second-order valence-electron chi connectivity index (χ2n) is 8.83. The Morgan fingerprint density at radius 1 is 1.20 bits per heavy atom. The Labute approximate surface area is 175 Å². The molecule has 2 aliphatic rings. The van der Waals surface area contributed by atoms with Crippen LogP contribution in [0.5, 0.6) is 0 Å². The summed E-state index contributed by atoms with van der Waals surface area (Å²) in [6, 6.07) is 8.34. The normalized spacial score (nSPS) is 15.4. The van der Waals surface area contributed by atoms with E-state index in [1.807, 2.05) is 12.3 Å². The van der Waals surface area contributed by atoms with Crippen molar-refractivity contribution in [3.8, 4) is 17.2 Å². The molecule has 1 saturated carbocycles. The van der Waals surface area contributed by atoms with Crippen molar-refractivity contribution in [2.24, 2.45) is 0 Å². The largest absolute Gasteiger partial charge is 0.394 e. The lowest BCUT2D eigenvalue weighted by atomic mass is 9.90. The molecule has 0 bridgehead atoms. The summed E-state index contributed by atoms with van der Waals surface area (Å²) in [6.45, 7) is 3.44. The van der Waals surface area contributed by atoms with Gasteiger partial charge in [-0.2, -0.15) is 5.10 Å². The summed E-state index contributed by atoms with van der Waals surface area (Å²) >= 11 is 0. The van der Waals surface area contributed by atoms with E-state index in [1.54, 1.807) is 24.7 Å². The fourth-order valence-corrected chi connectivity index (χ4v) is 4.01. The van der Waals surface area contributed by atoms with Crippen LogP contribution < -0.4 is 5.32 Å². The highest BCUT2D eigenvalue weighted by molar-refractivity contribution is 5.96. The van der Waals surface area contributed by atoms with Gasteiger partial charge in [0.25, 0.3) is 11.9 Å². The molecule has 30 heavy (non-hydrogen) atoms. The quantitative estimate of drug-likeness (QED) is 0.683. The average Bonchev–Trinajstić information content (AvgIpc) is 3.50. The highest BCUT2D eigenvalue weighted by Crippen LogP contribution is 2.42. The van der Waals surface area contributed by atoms with Gasteiger partial charge in [0.15, 0.2) is 0 Å². The minimum atomic E-state index is -0.702. The predicted molar refractivity (Wildman–Crippen MR) is 113 cm³/mol. The maximum Gasteiger partial charge on any atom is 0.255 e. The second-order valence-corrected chi connectivity index (χ2v) is 8.83. The van der Waals surface area contributed by atoms with Gasteiger partial charge in [0.1, 0.15) is 0 Å². The van der Waals surface area contributed by atoms with Crippen LogP contribution in [-0.2, 0) is 12.8 Å². The van der Waals surface area contributed by atoms with Crippen LogP contribution in [-0.4, -0.2) is 42.9 Å². The number of aliphatic hydroxyl groups excluding tert-OH is 1. The Balaban J connectivity index is 1.56. The molecular weight excluding hydrogens is 378 g/mol. The third-order valence-corrected chi connectivity index (χ3v) is 5.84. The number of aliphatic hydroxyl groups is 1. The molecule has 0 atom stereocenters. The van der Waals surface area contributed by atoms with Crippen molar-refractivity contribution in [3.63, 3.8) is 0 Å². The van der Waals surface area contributed by atoms with Crippen LogP contribution in [0.3, 0.4) is 0 Å². The molecule has 0 radical (unpaired) electrons. The third kappa shape index (κ3) is 3.29. The summed E-state index contributed by atoms with van der Waals surface area (Å²) in [5.41, 5.74) is 5.21. The number of benzene rings is 1. The molecule has 1 amide bonds. The number of carbonyl (C=O) groups is 1. The lowest BCUT2D eigenvalue weighted by Crippen LogP contribution is -2.46. The molecule has 0 unspecified atom stereocenters. The molecule has 0 saturated heterocycles. The van der Waals surface area contributed by atoms with E-state index in [-0.39, 0.29) is 18.4 Å². The molecule has 7 nitrogen and oxygen atoms in total. The SMILES string of the molecule is CC(C)(CO)NC(=O)c1cnn(-c2ncc3c(n2)-c2ccccc2CC3)c1C1CC1. The first-order chi connectivity index (χ1) is 14.5. The minimum absolute atomic E-state index is 0.140. The van der Waals surface area contributed by atoms with Gasteiger partial charge in [-0.3, -0.25) is 4.79 Å².